The van der Waals surface area contributed by atoms with E-state index >= 15 is 0 Å². The molecule has 0 amide bonds. The predicted molar refractivity (Wildman–Crippen MR) is 128 cm³/mol. The van der Waals surface area contributed by atoms with Crippen molar-refractivity contribution in [3.8, 4) is 28.5 Å². The lowest BCUT2D eigenvalue weighted by Gasteiger charge is -2.11. The Morgan fingerprint density at radius 1 is 1.03 bits per heavy atom. The number of aromatic nitrogens is 4. The highest BCUT2D eigenvalue weighted by Gasteiger charge is 2.24. The molecule has 2 heterocycles. The van der Waals surface area contributed by atoms with Crippen LogP contribution in [0.4, 0.5) is 0 Å². The lowest BCUT2D eigenvalue weighted by molar-refractivity contribution is 0.438. The van der Waals surface area contributed by atoms with Crippen LogP contribution in [0, 0.1) is 6.92 Å². The first-order valence-electron chi connectivity index (χ1n) is 10.1. The van der Waals surface area contributed by atoms with E-state index in [4.69, 9.17) is 32.7 Å². The second-order valence-electron chi connectivity index (χ2n) is 7.30. The zero-order valence-corrected chi connectivity index (χ0v) is 20.5. The molecule has 2 aromatic heterocycles. The average Bonchev–Trinajstić information content (AvgIpc) is 3.35. The fraction of sp³-hybridized carbons (Fsp3) is 0.261. The van der Waals surface area contributed by atoms with E-state index in [1.54, 1.807) is 12.1 Å². The van der Waals surface area contributed by atoms with Gasteiger partial charge in [-0.3, -0.25) is 0 Å². The highest BCUT2D eigenvalue weighted by molar-refractivity contribution is 9.10. The van der Waals surface area contributed by atoms with Gasteiger partial charge >= 0.3 is 0 Å². The molecule has 0 spiro atoms. The van der Waals surface area contributed by atoms with Crippen LogP contribution < -0.4 is 0 Å². The van der Waals surface area contributed by atoms with Crippen molar-refractivity contribution in [2.45, 2.75) is 39.5 Å². The number of hydrogen-bond donors (Lipinski definition) is 0. The van der Waals surface area contributed by atoms with Gasteiger partial charge in [-0.15, -0.1) is 10.2 Å². The van der Waals surface area contributed by atoms with Gasteiger partial charge in [0.15, 0.2) is 5.69 Å². The zero-order chi connectivity index (χ0) is 22.1. The summed E-state index contributed by atoms with van der Waals surface area (Å²) in [6.07, 6.45) is 1.88. The standard InChI is InChI=1S/C23H21BrCl2N4O/c1-4-14(5-2)22-27-28-23(31-22)20-13(3)21(15-6-8-16(24)9-7-15)30(29-20)19-11-10-17(25)12-18(19)26/h6-12,14H,4-5H2,1-3H3. The minimum absolute atomic E-state index is 0.236. The molecule has 5 nitrogen and oxygen atoms in total. The average molecular weight is 520 g/mol. The maximum absolute atomic E-state index is 6.54. The third-order valence-electron chi connectivity index (χ3n) is 5.36. The highest BCUT2D eigenvalue weighted by atomic mass is 79.9. The van der Waals surface area contributed by atoms with Crippen molar-refractivity contribution in [3.63, 3.8) is 0 Å². The number of nitrogens with zero attached hydrogens (tertiary/aromatic N) is 4. The Hall–Kier alpha value is -2.15. The number of rotatable bonds is 6. The Kier molecular flexibility index (Phi) is 6.51. The van der Waals surface area contributed by atoms with Crippen LogP contribution in [-0.4, -0.2) is 20.0 Å². The van der Waals surface area contributed by atoms with Gasteiger partial charge in [0.25, 0.3) is 5.89 Å². The second-order valence-corrected chi connectivity index (χ2v) is 9.05. The van der Waals surface area contributed by atoms with E-state index in [2.05, 4.69) is 40.0 Å². The van der Waals surface area contributed by atoms with E-state index in [9.17, 15) is 0 Å². The molecule has 0 saturated heterocycles. The summed E-state index contributed by atoms with van der Waals surface area (Å²) in [5.74, 6) is 1.28. The van der Waals surface area contributed by atoms with Crippen molar-refractivity contribution < 1.29 is 4.42 Å². The summed E-state index contributed by atoms with van der Waals surface area (Å²) in [5, 5.41) is 14.5. The van der Waals surface area contributed by atoms with E-state index in [0.29, 0.717) is 27.5 Å². The van der Waals surface area contributed by atoms with Gasteiger partial charge in [-0.05, 0) is 50.1 Å². The van der Waals surface area contributed by atoms with Crippen molar-refractivity contribution in [2.75, 3.05) is 0 Å². The summed E-state index contributed by atoms with van der Waals surface area (Å²) in [7, 11) is 0. The van der Waals surface area contributed by atoms with Gasteiger partial charge in [-0.1, -0.05) is 65.1 Å². The van der Waals surface area contributed by atoms with Crippen molar-refractivity contribution in [1.29, 1.82) is 0 Å². The van der Waals surface area contributed by atoms with Gasteiger partial charge < -0.3 is 4.42 Å². The van der Waals surface area contributed by atoms with E-state index in [0.717, 1.165) is 39.8 Å². The maximum atomic E-state index is 6.54. The maximum Gasteiger partial charge on any atom is 0.268 e. The third kappa shape index (κ3) is 4.29. The van der Waals surface area contributed by atoms with Crippen LogP contribution in [0.3, 0.4) is 0 Å². The molecule has 0 aliphatic heterocycles. The molecule has 0 fully saturated rings. The van der Waals surface area contributed by atoms with Gasteiger partial charge in [0.2, 0.25) is 5.89 Å². The second kappa shape index (κ2) is 9.15. The minimum Gasteiger partial charge on any atom is -0.419 e. The van der Waals surface area contributed by atoms with Gasteiger partial charge in [0, 0.05) is 26.5 Å². The third-order valence-corrected chi connectivity index (χ3v) is 6.42. The van der Waals surface area contributed by atoms with Crippen LogP contribution >= 0.6 is 39.1 Å². The first-order valence-corrected chi connectivity index (χ1v) is 11.6. The molecule has 4 aromatic rings. The molecular weight excluding hydrogens is 499 g/mol. The molecular formula is C23H21BrCl2N4O. The molecule has 0 saturated carbocycles. The van der Waals surface area contributed by atoms with Crippen LogP contribution in [0.5, 0.6) is 0 Å². The largest absolute Gasteiger partial charge is 0.419 e. The fourth-order valence-corrected chi connectivity index (χ4v) is 4.36. The highest BCUT2D eigenvalue weighted by Crippen LogP contribution is 2.36. The van der Waals surface area contributed by atoms with Crippen LogP contribution in [0.2, 0.25) is 10.0 Å². The first-order chi connectivity index (χ1) is 14.9. The topological polar surface area (TPSA) is 56.7 Å². The lowest BCUT2D eigenvalue weighted by atomic mass is 10.0. The Bertz CT molecular complexity index is 1210. The summed E-state index contributed by atoms with van der Waals surface area (Å²) in [6, 6.07) is 13.4. The quantitative estimate of drug-likeness (QED) is 0.260. The summed E-state index contributed by atoms with van der Waals surface area (Å²) >= 11 is 16.2. The molecule has 2 aromatic carbocycles. The van der Waals surface area contributed by atoms with Gasteiger partial charge in [-0.2, -0.15) is 5.10 Å². The number of halogens is 3. The van der Waals surface area contributed by atoms with Crippen molar-refractivity contribution in [1.82, 2.24) is 20.0 Å². The molecule has 0 aliphatic rings. The SMILES string of the molecule is CCC(CC)c1nnc(-c2nn(-c3ccc(Cl)cc3Cl)c(-c3ccc(Br)cc3)c2C)o1. The van der Waals surface area contributed by atoms with Crippen molar-refractivity contribution >= 4 is 39.1 Å². The smallest absolute Gasteiger partial charge is 0.268 e. The van der Waals surface area contributed by atoms with Crippen LogP contribution in [0.1, 0.15) is 44.1 Å². The molecule has 4 rings (SSSR count). The normalized spacial score (nSPS) is 11.5. The molecule has 160 valence electrons. The van der Waals surface area contributed by atoms with Gasteiger partial charge in [-0.25, -0.2) is 4.68 Å². The summed E-state index contributed by atoms with van der Waals surface area (Å²) in [5.41, 5.74) is 4.17. The molecule has 0 atom stereocenters. The Morgan fingerprint density at radius 3 is 2.39 bits per heavy atom. The van der Waals surface area contributed by atoms with E-state index in [-0.39, 0.29) is 5.92 Å². The lowest BCUT2D eigenvalue weighted by Crippen LogP contribution is -2.00. The molecule has 0 aliphatic carbocycles. The molecule has 0 bridgehead atoms. The first kappa shape index (κ1) is 22.1. The van der Waals surface area contributed by atoms with Crippen molar-refractivity contribution in [2.24, 2.45) is 0 Å². The predicted octanol–water partition coefficient (Wildman–Crippen LogP) is 7.87. The minimum atomic E-state index is 0.236. The monoisotopic (exact) mass is 518 g/mol. The van der Waals surface area contributed by atoms with Gasteiger partial charge in [0.05, 0.1) is 16.4 Å². The molecule has 31 heavy (non-hydrogen) atoms. The van der Waals surface area contributed by atoms with Crippen LogP contribution in [0.15, 0.2) is 51.4 Å². The molecule has 0 unspecified atom stereocenters. The number of hydrogen-bond acceptors (Lipinski definition) is 4. The Labute approximate surface area is 199 Å². The van der Waals surface area contributed by atoms with Crippen LogP contribution in [-0.2, 0) is 0 Å². The Balaban J connectivity index is 1.91. The summed E-state index contributed by atoms with van der Waals surface area (Å²) in [4.78, 5) is 0. The molecule has 0 N–H and O–H groups in total. The summed E-state index contributed by atoms with van der Waals surface area (Å²) in [6.45, 7) is 6.24. The van der Waals surface area contributed by atoms with Gasteiger partial charge in [0.1, 0.15) is 0 Å². The Morgan fingerprint density at radius 2 is 1.74 bits per heavy atom. The van der Waals surface area contributed by atoms with Crippen molar-refractivity contribution in [3.05, 3.63) is 68.4 Å². The zero-order valence-electron chi connectivity index (χ0n) is 17.4. The molecule has 0 radical (unpaired) electrons. The fourth-order valence-electron chi connectivity index (χ4n) is 3.61. The van der Waals surface area contributed by atoms with E-state index in [1.165, 1.54) is 0 Å². The van der Waals surface area contributed by atoms with Crippen LogP contribution in [0.25, 0.3) is 28.5 Å². The van der Waals surface area contributed by atoms with E-state index in [1.807, 2.05) is 41.9 Å². The summed E-state index contributed by atoms with van der Waals surface area (Å²) < 4.78 is 8.85. The van der Waals surface area contributed by atoms with E-state index < -0.39 is 0 Å². The molecule has 8 heteroatoms. The number of benzene rings is 2.